The van der Waals surface area contributed by atoms with Crippen molar-refractivity contribution >= 4 is 6.08 Å². The minimum atomic E-state index is 0.958. The van der Waals surface area contributed by atoms with E-state index in [2.05, 4.69) is 16.5 Å². The zero-order valence-electron chi connectivity index (χ0n) is 3.89. The van der Waals surface area contributed by atoms with E-state index in [0.29, 0.717) is 0 Å². The molecule has 0 saturated carbocycles. The standard InChI is InChI=1S/C5H6N2/c1-2-5-3-6-4-7-5/h2-4H,1H2,(H,6,7). The topological polar surface area (TPSA) is 28.7 Å². The van der Waals surface area contributed by atoms with Gasteiger partial charge in [0.05, 0.1) is 18.2 Å². The molecule has 0 fully saturated rings. The number of H-pyrrole nitrogens is 1. The van der Waals surface area contributed by atoms with Crippen LogP contribution < -0.4 is 0 Å². The third-order valence-electron chi connectivity index (χ3n) is 0.739. The summed E-state index contributed by atoms with van der Waals surface area (Å²) in [4.78, 5) is 6.62. The predicted octanol–water partition coefficient (Wildman–Crippen LogP) is 1.05. The van der Waals surface area contributed by atoms with E-state index in [1.165, 1.54) is 0 Å². The minimum absolute atomic E-state index is 0.958. The summed E-state index contributed by atoms with van der Waals surface area (Å²) in [7, 11) is 0. The van der Waals surface area contributed by atoms with Gasteiger partial charge in [-0.05, 0) is 6.08 Å². The van der Waals surface area contributed by atoms with Crippen molar-refractivity contribution in [2.24, 2.45) is 0 Å². The van der Waals surface area contributed by atoms with Crippen LogP contribution in [0.5, 0.6) is 0 Å². The molecule has 0 aromatic carbocycles. The Labute approximate surface area is 41.9 Å². The molecular formula is C5H6N2. The van der Waals surface area contributed by atoms with Crippen LogP contribution in [0.25, 0.3) is 6.08 Å². The van der Waals surface area contributed by atoms with E-state index in [4.69, 9.17) is 0 Å². The van der Waals surface area contributed by atoms with Gasteiger partial charge in [0.25, 0.3) is 0 Å². The Bertz CT molecular complexity index is 141. The van der Waals surface area contributed by atoms with Crippen LogP contribution in [-0.4, -0.2) is 9.97 Å². The molecule has 0 aliphatic heterocycles. The first-order valence-electron chi connectivity index (χ1n) is 2.04. The average Bonchev–Trinajstić information content (AvgIpc) is 2.14. The van der Waals surface area contributed by atoms with Crippen molar-refractivity contribution in [3.05, 3.63) is 24.8 Å². The molecule has 0 atom stereocenters. The van der Waals surface area contributed by atoms with E-state index < -0.39 is 0 Å². The first-order chi connectivity index (χ1) is 3.43. The molecule has 2 heteroatoms. The number of aromatic nitrogens is 2. The molecule has 36 valence electrons. The summed E-state index contributed by atoms with van der Waals surface area (Å²) in [6, 6.07) is 0. The van der Waals surface area contributed by atoms with Crippen molar-refractivity contribution in [2.75, 3.05) is 0 Å². The number of rotatable bonds is 1. The molecule has 1 aromatic heterocycles. The molecular weight excluding hydrogens is 88.1 g/mol. The molecule has 0 unspecified atom stereocenters. The number of nitrogens with one attached hydrogen (secondary N) is 1. The summed E-state index contributed by atoms with van der Waals surface area (Å²) in [6.07, 6.45) is 5.05. The van der Waals surface area contributed by atoms with Crippen molar-refractivity contribution in [1.82, 2.24) is 9.97 Å². The third kappa shape index (κ3) is 0.682. The summed E-state index contributed by atoms with van der Waals surface area (Å²) in [5.74, 6) is 0. The fourth-order valence-electron chi connectivity index (χ4n) is 0.378. The van der Waals surface area contributed by atoms with Gasteiger partial charge in [-0.15, -0.1) is 0 Å². The molecule has 0 radical (unpaired) electrons. The maximum atomic E-state index is 3.77. The van der Waals surface area contributed by atoms with Crippen LogP contribution in [0.4, 0.5) is 0 Å². The summed E-state index contributed by atoms with van der Waals surface area (Å²) in [5, 5.41) is 0. The second-order valence-corrected chi connectivity index (χ2v) is 1.21. The molecule has 0 bridgehead atoms. The summed E-state index contributed by atoms with van der Waals surface area (Å²) in [6.45, 7) is 3.53. The molecule has 1 N–H and O–H groups in total. The third-order valence-corrected chi connectivity index (χ3v) is 0.739. The van der Waals surface area contributed by atoms with Gasteiger partial charge < -0.3 is 4.98 Å². The largest absolute Gasteiger partial charge is 0.345 e. The van der Waals surface area contributed by atoms with E-state index in [0.717, 1.165) is 5.69 Å². The first-order valence-corrected chi connectivity index (χ1v) is 2.04. The Hall–Kier alpha value is -1.05. The average molecular weight is 94.1 g/mol. The van der Waals surface area contributed by atoms with Crippen LogP contribution in [0.1, 0.15) is 5.69 Å². The van der Waals surface area contributed by atoms with Crippen molar-refractivity contribution in [3.63, 3.8) is 0 Å². The lowest BCUT2D eigenvalue weighted by molar-refractivity contribution is 1.31. The van der Waals surface area contributed by atoms with Gasteiger partial charge in [0.1, 0.15) is 0 Å². The van der Waals surface area contributed by atoms with Gasteiger partial charge in [-0.3, -0.25) is 0 Å². The Balaban J connectivity index is 2.96. The number of imidazole rings is 1. The Kier molecular flexibility index (Phi) is 0.941. The molecule has 0 saturated heterocycles. The number of hydrogen-bond donors (Lipinski definition) is 1. The quantitative estimate of drug-likeness (QED) is 0.553. The van der Waals surface area contributed by atoms with Crippen LogP contribution in [0.15, 0.2) is 19.1 Å². The first kappa shape index (κ1) is 4.12. The lowest BCUT2D eigenvalue weighted by Gasteiger charge is -1.72. The van der Waals surface area contributed by atoms with Crippen molar-refractivity contribution in [2.45, 2.75) is 0 Å². The van der Waals surface area contributed by atoms with E-state index in [1.54, 1.807) is 18.6 Å². The molecule has 1 heterocycles. The molecule has 1 aromatic rings. The van der Waals surface area contributed by atoms with Gasteiger partial charge in [0, 0.05) is 0 Å². The smallest absolute Gasteiger partial charge is 0.0924 e. The van der Waals surface area contributed by atoms with E-state index >= 15 is 0 Å². The van der Waals surface area contributed by atoms with Crippen LogP contribution >= 0.6 is 0 Å². The zero-order chi connectivity index (χ0) is 5.11. The van der Waals surface area contributed by atoms with Gasteiger partial charge in [-0.1, -0.05) is 6.58 Å². The minimum Gasteiger partial charge on any atom is -0.345 e. The van der Waals surface area contributed by atoms with Crippen LogP contribution in [0, 0.1) is 0 Å². The predicted molar refractivity (Wildman–Crippen MR) is 28.7 cm³/mol. The van der Waals surface area contributed by atoms with Gasteiger partial charge in [-0.25, -0.2) is 4.98 Å². The number of hydrogen-bond acceptors (Lipinski definition) is 1. The van der Waals surface area contributed by atoms with Gasteiger partial charge in [0.2, 0.25) is 0 Å². The highest BCUT2D eigenvalue weighted by atomic mass is 14.8. The van der Waals surface area contributed by atoms with Crippen LogP contribution in [-0.2, 0) is 0 Å². The van der Waals surface area contributed by atoms with Gasteiger partial charge in [-0.2, -0.15) is 0 Å². The van der Waals surface area contributed by atoms with E-state index in [-0.39, 0.29) is 0 Å². The van der Waals surface area contributed by atoms with Crippen molar-refractivity contribution in [1.29, 1.82) is 0 Å². The summed E-state index contributed by atoms with van der Waals surface area (Å²) in [5.41, 5.74) is 0.958. The monoisotopic (exact) mass is 94.1 g/mol. The van der Waals surface area contributed by atoms with Crippen LogP contribution in [0.3, 0.4) is 0 Å². The molecule has 0 amide bonds. The van der Waals surface area contributed by atoms with Gasteiger partial charge >= 0.3 is 0 Å². The molecule has 2 nitrogen and oxygen atoms in total. The SMILES string of the molecule is C=Cc1cnc[nH]1. The molecule has 0 spiro atoms. The maximum absolute atomic E-state index is 3.77. The highest BCUT2D eigenvalue weighted by Crippen LogP contribution is 1.88. The van der Waals surface area contributed by atoms with Crippen molar-refractivity contribution < 1.29 is 0 Å². The van der Waals surface area contributed by atoms with Gasteiger partial charge in [0.15, 0.2) is 0 Å². The molecule has 1 rings (SSSR count). The Morgan fingerprint density at radius 1 is 1.86 bits per heavy atom. The van der Waals surface area contributed by atoms with E-state index in [9.17, 15) is 0 Å². The van der Waals surface area contributed by atoms with Crippen LogP contribution in [0.2, 0.25) is 0 Å². The second kappa shape index (κ2) is 1.60. The highest BCUT2D eigenvalue weighted by molar-refractivity contribution is 5.38. The summed E-state index contributed by atoms with van der Waals surface area (Å²) >= 11 is 0. The fraction of sp³-hybridized carbons (Fsp3) is 0. The zero-order valence-corrected chi connectivity index (χ0v) is 3.89. The number of aromatic amines is 1. The molecule has 0 aliphatic rings. The lowest BCUT2D eigenvalue weighted by Crippen LogP contribution is -1.61. The fourth-order valence-corrected chi connectivity index (χ4v) is 0.378. The van der Waals surface area contributed by atoms with Crippen molar-refractivity contribution in [3.8, 4) is 0 Å². The molecule has 0 aliphatic carbocycles. The summed E-state index contributed by atoms with van der Waals surface area (Å²) < 4.78 is 0. The number of nitrogens with zero attached hydrogens (tertiary/aromatic N) is 1. The lowest BCUT2D eigenvalue weighted by atomic mass is 10.5. The normalized spacial score (nSPS) is 8.57. The second-order valence-electron chi connectivity index (χ2n) is 1.21. The maximum Gasteiger partial charge on any atom is 0.0924 e. The Morgan fingerprint density at radius 2 is 2.71 bits per heavy atom. The highest BCUT2D eigenvalue weighted by Gasteiger charge is 1.77. The Morgan fingerprint density at radius 3 is 3.00 bits per heavy atom. The van der Waals surface area contributed by atoms with E-state index in [1.807, 2.05) is 0 Å². The molecule has 7 heavy (non-hydrogen) atoms.